The number of nitrogens with one attached hydrogen (secondary N) is 1. The minimum Gasteiger partial charge on any atom is -0.384 e. The summed E-state index contributed by atoms with van der Waals surface area (Å²) < 4.78 is 22.6. The van der Waals surface area contributed by atoms with Crippen LogP contribution in [-0.2, 0) is 16.4 Å². The lowest BCUT2D eigenvalue weighted by Gasteiger charge is -2.11. The highest BCUT2D eigenvalue weighted by Crippen LogP contribution is 2.29. The minimum absolute atomic E-state index is 0.0298. The van der Waals surface area contributed by atoms with Gasteiger partial charge in [-0.25, -0.2) is 18.5 Å². The second kappa shape index (κ2) is 7.29. The molecule has 0 bridgehead atoms. The Kier molecular flexibility index (Phi) is 5.06. The van der Waals surface area contributed by atoms with E-state index in [0.29, 0.717) is 29.6 Å². The van der Waals surface area contributed by atoms with E-state index in [1.165, 1.54) is 18.2 Å². The van der Waals surface area contributed by atoms with Gasteiger partial charge in [0.1, 0.15) is 0 Å². The Morgan fingerprint density at radius 2 is 1.89 bits per heavy atom. The molecule has 8 nitrogen and oxygen atoms in total. The number of para-hydroxylation sites is 1. The summed E-state index contributed by atoms with van der Waals surface area (Å²) in [5.74, 6) is 0. The predicted octanol–water partition coefficient (Wildman–Crippen LogP) is 2.75. The summed E-state index contributed by atoms with van der Waals surface area (Å²) >= 11 is 0. The van der Waals surface area contributed by atoms with E-state index in [0.717, 1.165) is 11.3 Å². The number of benzene rings is 2. The van der Waals surface area contributed by atoms with Gasteiger partial charge in [0.05, 0.1) is 9.82 Å². The van der Waals surface area contributed by atoms with Crippen LogP contribution >= 0.6 is 0 Å². The van der Waals surface area contributed by atoms with E-state index < -0.39 is 14.9 Å². The fourth-order valence-corrected chi connectivity index (χ4v) is 3.36. The van der Waals surface area contributed by atoms with Crippen LogP contribution in [0.4, 0.5) is 11.4 Å². The van der Waals surface area contributed by atoms with Crippen molar-refractivity contribution in [3.8, 4) is 0 Å². The van der Waals surface area contributed by atoms with Crippen LogP contribution in [0.5, 0.6) is 0 Å². The molecule has 1 heterocycles. The highest BCUT2D eigenvalue weighted by atomic mass is 32.2. The highest BCUT2D eigenvalue weighted by molar-refractivity contribution is 7.89. The molecule has 0 aliphatic carbocycles. The molecule has 27 heavy (non-hydrogen) atoms. The molecular formula is C18H18N4O4S. The number of aryl methyl sites for hydroxylation is 1. The molecule has 2 aromatic carbocycles. The first kappa shape index (κ1) is 18.7. The molecule has 0 saturated carbocycles. The summed E-state index contributed by atoms with van der Waals surface area (Å²) in [5, 5.41) is 20.3. The summed E-state index contributed by atoms with van der Waals surface area (Å²) in [6.07, 6.45) is 0.642. The van der Waals surface area contributed by atoms with Crippen LogP contribution in [0.15, 0.2) is 53.4 Å². The third-order valence-electron chi connectivity index (χ3n) is 4.12. The van der Waals surface area contributed by atoms with E-state index in [1.54, 1.807) is 31.2 Å². The first-order valence-corrected chi connectivity index (χ1v) is 9.71. The molecular weight excluding hydrogens is 368 g/mol. The number of nitrogens with two attached hydrogens (primary N) is 1. The summed E-state index contributed by atoms with van der Waals surface area (Å²) in [5.41, 5.74) is 2.70. The SMILES string of the molecule is Cc1cc(NCCc2ccc(S(N)(=O)=O)cc2)c2cccc([N+](=O)[O-])c2n1. The summed E-state index contributed by atoms with van der Waals surface area (Å²) in [7, 11) is -3.70. The van der Waals surface area contributed by atoms with Gasteiger partial charge in [-0.05, 0) is 37.1 Å². The van der Waals surface area contributed by atoms with Crippen LogP contribution in [0.3, 0.4) is 0 Å². The summed E-state index contributed by atoms with van der Waals surface area (Å²) in [6.45, 7) is 2.35. The Hall–Kier alpha value is -3.04. The van der Waals surface area contributed by atoms with Gasteiger partial charge in [-0.1, -0.05) is 24.3 Å². The minimum atomic E-state index is -3.70. The fraction of sp³-hybridized carbons (Fsp3) is 0.167. The molecule has 0 amide bonds. The van der Waals surface area contributed by atoms with Crippen LogP contribution in [0, 0.1) is 17.0 Å². The summed E-state index contributed by atoms with van der Waals surface area (Å²) in [4.78, 5) is 15.2. The van der Waals surface area contributed by atoms with E-state index in [-0.39, 0.29) is 10.6 Å². The van der Waals surface area contributed by atoms with Gasteiger partial charge >= 0.3 is 0 Å². The van der Waals surface area contributed by atoms with Crippen molar-refractivity contribution in [2.75, 3.05) is 11.9 Å². The van der Waals surface area contributed by atoms with Crippen molar-refractivity contribution in [3.05, 3.63) is 69.9 Å². The van der Waals surface area contributed by atoms with E-state index in [9.17, 15) is 18.5 Å². The normalized spacial score (nSPS) is 11.5. The van der Waals surface area contributed by atoms with Crippen molar-refractivity contribution in [1.82, 2.24) is 4.98 Å². The van der Waals surface area contributed by atoms with Crippen LogP contribution in [0.2, 0.25) is 0 Å². The quantitative estimate of drug-likeness (QED) is 0.495. The number of hydrogen-bond acceptors (Lipinski definition) is 6. The van der Waals surface area contributed by atoms with E-state index >= 15 is 0 Å². The topological polar surface area (TPSA) is 128 Å². The zero-order chi connectivity index (χ0) is 19.6. The van der Waals surface area contributed by atoms with Crippen LogP contribution < -0.4 is 10.5 Å². The average molecular weight is 386 g/mol. The van der Waals surface area contributed by atoms with Crippen molar-refractivity contribution < 1.29 is 13.3 Å². The summed E-state index contributed by atoms with van der Waals surface area (Å²) in [6, 6.07) is 13.1. The third kappa shape index (κ3) is 4.21. The molecule has 0 radical (unpaired) electrons. The molecule has 0 spiro atoms. The van der Waals surface area contributed by atoms with Crippen LogP contribution in [-0.4, -0.2) is 24.9 Å². The molecule has 0 fully saturated rings. The molecule has 9 heteroatoms. The number of nitro groups is 1. The number of primary sulfonamides is 1. The molecule has 0 aliphatic heterocycles. The molecule has 3 aromatic rings. The van der Waals surface area contributed by atoms with Crippen molar-refractivity contribution in [2.45, 2.75) is 18.2 Å². The molecule has 0 saturated heterocycles. The monoisotopic (exact) mass is 386 g/mol. The first-order chi connectivity index (χ1) is 12.8. The second-order valence-corrected chi connectivity index (χ2v) is 7.67. The van der Waals surface area contributed by atoms with Gasteiger partial charge in [-0.3, -0.25) is 10.1 Å². The number of hydrogen-bond donors (Lipinski definition) is 2. The lowest BCUT2D eigenvalue weighted by Crippen LogP contribution is -2.12. The Bertz CT molecular complexity index is 1110. The zero-order valence-corrected chi connectivity index (χ0v) is 15.4. The van der Waals surface area contributed by atoms with E-state index in [4.69, 9.17) is 5.14 Å². The molecule has 0 atom stereocenters. The number of sulfonamides is 1. The maximum Gasteiger partial charge on any atom is 0.295 e. The van der Waals surface area contributed by atoms with Crippen molar-refractivity contribution in [1.29, 1.82) is 0 Å². The number of non-ortho nitro benzene ring substituents is 1. The number of aromatic nitrogens is 1. The number of anilines is 1. The number of pyridine rings is 1. The molecule has 3 rings (SSSR count). The van der Waals surface area contributed by atoms with Crippen molar-refractivity contribution in [2.24, 2.45) is 5.14 Å². The van der Waals surface area contributed by atoms with Gasteiger partial charge in [-0.15, -0.1) is 0 Å². The first-order valence-electron chi connectivity index (χ1n) is 8.16. The maximum atomic E-state index is 11.3. The lowest BCUT2D eigenvalue weighted by molar-refractivity contribution is -0.383. The van der Waals surface area contributed by atoms with Gasteiger partial charge in [0.25, 0.3) is 5.69 Å². The van der Waals surface area contributed by atoms with Gasteiger partial charge in [0.2, 0.25) is 10.0 Å². The van der Waals surface area contributed by atoms with E-state index in [1.807, 2.05) is 6.07 Å². The second-order valence-electron chi connectivity index (χ2n) is 6.11. The number of fused-ring (bicyclic) bond motifs is 1. The lowest BCUT2D eigenvalue weighted by atomic mass is 10.1. The molecule has 3 N–H and O–H groups in total. The standard InChI is InChI=1S/C18H18N4O4S/c1-12-11-16(15-3-2-4-17(22(23)24)18(15)21-12)20-10-9-13-5-7-14(8-6-13)27(19,25)26/h2-8,11H,9-10H2,1H3,(H,20,21)(H2,19,25,26). The maximum absolute atomic E-state index is 11.3. The Balaban J connectivity index is 1.79. The van der Waals surface area contributed by atoms with Crippen molar-refractivity contribution >= 4 is 32.3 Å². The van der Waals surface area contributed by atoms with Gasteiger partial charge < -0.3 is 5.32 Å². The fourth-order valence-electron chi connectivity index (χ4n) is 2.84. The molecule has 0 aliphatic rings. The number of nitrogens with zero attached hydrogens (tertiary/aromatic N) is 2. The Morgan fingerprint density at radius 1 is 1.19 bits per heavy atom. The Morgan fingerprint density at radius 3 is 2.52 bits per heavy atom. The smallest absolute Gasteiger partial charge is 0.295 e. The van der Waals surface area contributed by atoms with Crippen molar-refractivity contribution in [3.63, 3.8) is 0 Å². The van der Waals surface area contributed by atoms with Crippen LogP contribution in [0.1, 0.15) is 11.3 Å². The van der Waals surface area contributed by atoms with Gasteiger partial charge in [0, 0.05) is 29.4 Å². The molecule has 1 aromatic heterocycles. The predicted molar refractivity (Wildman–Crippen MR) is 103 cm³/mol. The number of nitro benzene ring substituents is 1. The molecule has 0 unspecified atom stereocenters. The zero-order valence-electron chi connectivity index (χ0n) is 14.5. The van der Waals surface area contributed by atoms with Gasteiger partial charge in [-0.2, -0.15) is 0 Å². The number of rotatable bonds is 6. The highest BCUT2D eigenvalue weighted by Gasteiger charge is 2.15. The van der Waals surface area contributed by atoms with Crippen LogP contribution in [0.25, 0.3) is 10.9 Å². The molecule has 140 valence electrons. The largest absolute Gasteiger partial charge is 0.384 e. The average Bonchev–Trinajstić information content (AvgIpc) is 2.60. The van der Waals surface area contributed by atoms with E-state index in [2.05, 4.69) is 10.3 Å². The van der Waals surface area contributed by atoms with Gasteiger partial charge in [0.15, 0.2) is 5.52 Å². The Labute approximate surface area is 156 Å². The third-order valence-corrected chi connectivity index (χ3v) is 5.05.